The third-order valence-electron chi connectivity index (χ3n) is 4.25. The molecule has 0 spiro atoms. The van der Waals surface area contributed by atoms with Gasteiger partial charge in [-0.25, -0.2) is 0 Å². The Labute approximate surface area is 133 Å². The first-order valence-corrected chi connectivity index (χ1v) is 8.04. The van der Waals surface area contributed by atoms with Gasteiger partial charge >= 0.3 is 0 Å². The molecule has 0 unspecified atom stereocenters. The quantitative estimate of drug-likeness (QED) is 0.529. The number of hydrogen-bond acceptors (Lipinski definition) is 0. The topological polar surface area (TPSA) is 0 Å². The molecule has 0 heterocycles. The van der Waals surface area contributed by atoms with E-state index in [2.05, 4.69) is 86.6 Å². The first-order valence-electron chi connectivity index (χ1n) is 8.04. The van der Waals surface area contributed by atoms with Crippen LogP contribution in [0.1, 0.15) is 24.5 Å². The van der Waals surface area contributed by atoms with Crippen molar-refractivity contribution in [1.29, 1.82) is 0 Å². The van der Waals surface area contributed by atoms with Crippen LogP contribution in [0.3, 0.4) is 0 Å². The molecule has 0 fully saturated rings. The lowest BCUT2D eigenvalue weighted by Gasteiger charge is -2.15. The molecule has 0 aliphatic carbocycles. The highest BCUT2D eigenvalue weighted by molar-refractivity contribution is 5.79. The van der Waals surface area contributed by atoms with Crippen LogP contribution in [0.4, 0.5) is 0 Å². The largest absolute Gasteiger partial charge is 0.0651 e. The number of benzene rings is 3. The van der Waals surface area contributed by atoms with Crippen molar-refractivity contribution in [3.63, 3.8) is 0 Å². The molecule has 3 rings (SSSR count). The summed E-state index contributed by atoms with van der Waals surface area (Å²) in [6.45, 7) is 4.48. The predicted molar refractivity (Wildman–Crippen MR) is 96.0 cm³/mol. The van der Waals surface area contributed by atoms with Gasteiger partial charge in [-0.3, -0.25) is 0 Å². The minimum atomic E-state index is 1.13. The zero-order valence-electron chi connectivity index (χ0n) is 13.3. The molecule has 0 aliphatic heterocycles. The molecule has 0 N–H and O–H groups in total. The highest BCUT2D eigenvalue weighted by Gasteiger charge is 2.10. The highest BCUT2D eigenvalue weighted by Crippen LogP contribution is 2.33. The van der Waals surface area contributed by atoms with E-state index in [9.17, 15) is 0 Å². The second-order valence-corrected chi connectivity index (χ2v) is 5.75. The molecule has 0 heteroatoms. The maximum atomic E-state index is 2.26. The summed E-state index contributed by atoms with van der Waals surface area (Å²) in [4.78, 5) is 0. The van der Waals surface area contributed by atoms with Crippen LogP contribution >= 0.6 is 0 Å². The van der Waals surface area contributed by atoms with Crippen LogP contribution in [0.25, 0.3) is 22.3 Å². The van der Waals surface area contributed by atoms with Gasteiger partial charge in [0.15, 0.2) is 0 Å². The molecule has 22 heavy (non-hydrogen) atoms. The lowest BCUT2D eigenvalue weighted by molar-refractivity contribution is 0.923. The zero-order valence-corrected chi connectivity index (χ0v) is 13.3. The molecule has 0 radical (unpaired) electrons. The minimum Gasteiger partial charge on any atom is -0.0651 e. The molecule has 0 amide bonds. The van der Waals surface area contributed by atoms with Crippen molar-refractivity contribution in [3.8, 4) is 22.3 Å². The molecule has 0 aromatic heterocycles. The van der Waals surface area contributed by atoms with E-state index in [4.69, 9.17) is 0 Å². The van der Waals surface area contributed by atoms with Gasteiger partial charge in [0, 0.05) is 0 Å². The summed E-state index contributed by atoms with van der Waals surface area (Å²) in [6, 6.07) is 26.1. The van der Waals surface area contributed by atoms with Crippen LogP contribution in [0.2, 0.25) is 0 Å². The maximum Gasteiger partial charge on any atom is -0.0146 e. The van der Waals surface area contributed by atoms with Crippen molar-refractivity contribution in [2.45, 2.75) is 26.7 Å². The van der Waals surface area contributed by atoms with Gasteiger partial charge in [-0.15, -0.1) is 0 Å². The third-order valence-corrected chi connectivity index (χ3v) is 4.25. The van der Waals surface area contributed by atoms with Crippen molar-refractivity contribution in [2.24, 2.45) is 0 Å². The zero-order chi connectivity index (χ0) is 15.4. The normalized spacial score (nSPS) is 10.6. The summed E-state index contributed by atoms with van der Waals surface area (Å²) in [5.74, 6) is 0. The van der Waals surface area contributed by atoms with E-state index < -0.39 is 0 Å². The fourth-order valence-corrected chi connectivity index (χ4v) is 3.13. The minimum absolute atomic E-state index is 1.13. The highest BCUT2D eigenvalue weighted by atomic mass is 14.1. The third kappa shape index (κ3) is 2.82. The van der Waals surface area contributed by atoms with E-state index in [1.165, 1.54) is 39.8 Å². The summed E-state index contributed by atoms with van der Waals surface area (Å²) < 4.78 is 0. The standard InChI is InChI=1S/C22H22/c1-3-10-18-13-7-8-14-22(18)21-16-9-15-20(17(21)2)19-11-5-4-6-12-19/h4-9,11-16H,3,10H2,1-2H3. The Balaban J connectivity index is 2.14. The van der Waals surface area contributed by atoms with E-state index in [1.807, 2.05) is 0 Å². The molecule has 0 atom stereocenters. The second-order valence-electron chi connectivity index (χ2n) is 5.75. The van der Waals surface area contributed by atoms with Crippen molar-refractivity contribution in [2.75, 3.05) is 0 Å². The molecule has 3 aromatic carbocycles. The van der Waals surface area contributed by atoms with Crippen molar-refractivity contribution < 1.29 is 0 Å². The average Bonchev–Trinajstić information content (AvgIpc) is 2.57. The molecular formula is C22H22. The van der Waals surface area contributed by atoms with Crippen LogP contribution in [0.5, 0.6) is 0 Å². The number of rotatable bonds is 4. The van der Waals surface area contributed by atoms with E-state index in [0.717, 1.165) is 6.42 Å². The fraction of sp³-hybridized carbons (Fsp3) is 0.182. The smallest absolute Gasteiger partial charge is 0.0146 e. The van der Waals surface area contributed by atoms with Crippen LogP contribution in [0, 0.1) is 6.92 Å². The van der Waals surface area contributed by atoms with Gasteiger partial charge in [0.25, 0.3) is 0 Å². The monoisotopic (exact) mass is 286 g/mol. The van der Waals surface area contributed by atoms with Crippen molar-refractivity contribution in [1.82, 2.24) is 0 Å². The molecule has 0 saturated heterocycles. The summed E-state index contributed by atoms with van der Waals surface area (Å²) >= 11 is 0. The average molecular weight is 286 g/mol. The lowest BCUT2D eigenvalue weighted by Crippen LogP contribution is -1.93. The van der Waals surface area contributed by atoms with Crippen LogP contribution in [0.15, 0.2) is 72.8 Å². The van der Waals surface area contributed by atoms with Gasteiger partial charge in [-0.2, -0.15) is 0 Å². The Morgan fingerprint density at radius 1 is 0.636 bits per heavy atom. The maximum absolute atomic E-state index is 2.26. The fourth-order valence-electron chi connectivity index (χ4n) is 3.13. The van der Waals surface area contributed by atoms with E-state index in [1.54, 1.807) is 0 Å². The Kier molecular flexibility index (Phi) is 4.39. The molecule has 0 nitrogen and oxygen atoms in total. The SMILES string of the molecule is CCCc1ccccc1-c1cccc(-c2ccccc2)c1C. The van der Waals surface area contributed by atoms with Crippen molar-refractivity contribution in [3.05, 3.63) is 83.9 Å². The second kappa shape index (κ2) is 6.62. The Morgan fingerprint density at radius 2 is 1.27 bits per heavy atom. The van der Waals surface area contributed by atoms with Crippen LogP contribution in [-0.4, -0.2) is 0 Å². The molecular weight excluding hydrogens is 264 g/mol. The Bertz CT molecular complexity index is 754. The number of aryl methyl sites for hydroxylation is 1. The molecule has 3 aromatic rings. The Hall–Kier alpha value is -2.34. The van der Waals surface area contributed by atoms with Gasteiger partial charge in [0.05, 0.1) is 0 Å². The summed E-state index contributed by atoms with van der Waals surface area (Å²) in [5.41, 5.74) is 8.14. The molecule has 0 aliphatic rings. The molecule has 110 valence electrons. The van der Waals surface area contributed by atoms with Gasteiger partial charge < -0.3 is 0 Å². The first-order chi connectivity index (χ1) is 10.8. The number of hydrogen-bond donors (Lipinski definition) is 0. The van der Waals surface area contributed by atoms with Crippen molar-refractivity contribution >= 4 is 0 Å². The summed E-state index contributed by atoms with van der Waals surface area (Å²) in [6.07, 6.45) is 2.31. The lowest BCUT2D eigenvalue weighted by atomic mass is 9.90. The predicted octanol–water partition coefficient (Wildman–Crippen LogP) is 6.28. The molecule has 0 saturated carbocycles. The van der Waals surface area contributed by atoms with Gasteiger partial charge in [-0.1, -0.05) is 86.1 Å². The Morgan fingerprint density at radius 3 is 2.05 bits per heavy atom. The van der Waals surface area contributed by atoms with E-state index >= 15 is 0 Å². The van der Waals surface area contributed by atoms with Crippen LogP contribution < -0.4 is 0 Å². The summed E-state index contributed by atoms with van der Waals surface area (Å²) in [7, 11) is 0. The van der Waals surface area contributed by atoms with E-state index in [-0.39, 0.29) is 0 Å². The van der Waals surface area contributed by atoms with Gasteiger partial charge in [0.2, 0.25) is 0 Å². The molecule has 0 bridgehead atoms. The summed E-state index contributed by atoms with van der Waals surface area (Å²) in [5, 5.41) is 0. The van der Waals surface area contributed by atoms with E-state index in [0.29, 0.717) is 0 Å². The van der Waals surface area contributed by atoms with Crippen LogP contribution in [-0.2, 0) is 6.42 Å². The van der Waals surface area contributed by atoms with Gasteiger partial charge in [0.1, 0.15) is 0 Å². The first kappa shape index (κ1) is 14.6. The van der Waals surface area contributed by atoms with Gasteiger partial charge in [-0.05, 0) is 46.7 Å².